The number of ether oxygens (including phenoxy) is 1. The molecule has 1 aliphatic heterocycles. The van der Waals surface area contributed by atoms with Crippen LogP contribution < -0.4 is 10.1 Å². The van der Waals surface area contributed by atoms with Gasteiger partial charge in [0.15, 0.2) is 0 Å². The fourth-order valence-electron chi connectivity index (χ4n) is 2.19. The molecule has 6 heteroatoms. The maximum absolute atomic E-state index is 6.01. The van der Waals surface area contributed by atoms with Crippen LogP contribution in [0.2, 0.25) is 10.0 Å². The Hall–Kier alpha value is -0.680. The molecule has 0 bridgehead atoms. The topological polar surface area (TPSA) is 33.6 Å². The van der Waals surface area contributed by atoms with E-state index < -0.39 is 0 Å². The summed E-state index contributed by atoms with van der Waals surface area (Å²) in [6.45, 7) is 13.8. The van der Waals surface area contributed by atoms with Gasteiger partial charge in [-0.1, -0.05) is 42.3 Å². The summed E-state index contributed by atoms with van der Waals surface area (Å²) in [6.07, 6.45) is 7.59. The van der Waals surface area contributed by atoms with Gasteiger partial charge in [0.25, 0.3) is 0 Å². The fraction of sp³-hybridized carbons (Fsp3) is 0.550. The molecule has 146 valence electrons. The van der Waals surface area contributed by atoms with E-state index in [1.807, 2.05) is 0 Å². The van der Waals surface area contributed by atoms with Crippen molar-refractivity contribution in [2.75, 3.05) is 13.2 Å². The monoisotopic (exact) mass is 416 g/mol. The Labute approximate surface area is 172 Å². The average molecular weight is 417 g/mol. The third kappa shape index (κ3) is 9.86. The Morgan fingerprint density at radius 3 is 2.50 bits per heavy atom. The molecule has 3 nitrogen and oxygen atoms in total. The molecule has 1 N–H and O–H groups in total. The minimum Gasteiger partial charge on any atom is -0.489 e. The van der Waals surface area contributed by atoms with E-state index in [-0.39, 0.29) is 4.75 Å². The van der Waals surface area contributed by atoms with Crippen LogP contribution in [0.4, 0.5) is 0 Å². The minimum atomic E-state index is 0.0643. The van der Waals surface area contributed by atoms with Gasteiger partial charge in [-0.05, 0) is 65.1 Å². The van der Waals surface area contributed by atoms with Crippen LogP contribution in [0.15, 0.2) is 29.2 Å². The Bertz CT molecular complexity index is 594. The smallest absolute Gasteiger partial charge is 0.130 e. The highest BCUT2D eigenvalue weighted by molar-refractivity contribution is 7.99. The molecule has 0 radical (unpaired) electrons. The van der Waals surface area contributed by atoms with Crippen molar-refractivity contribution < 1.29 is 4.74 Å². The van der Waals surface area contributed by atoms with Crippen molar-refractivity contribution in [1.82, 2.24) is 5.32 Å². The maximum atomic E-state index is 6.01. The highest BCUT2D eigenvalue weighted by Gasteiger charge is 2.11. The summed E-state index contributed by atoms with van der Waals surface area (Å²) in [5.74, 6) is 0.646. The van der Waals surface area contributed by atoms with Gasteiger partial charge in [0.2, 0.25) is 0 Å². The largest absolute Gasteiger partial charge is 0.489 e. The van der Waals surface area contributed by atoms with Crippen LogP contribution in [0, 0.1) is 0 Å². The number of benzene rings is 1. The first-order valence-electron chi connectivity index (χ1n) is 8.90. The van der Waals surface area contributed by atoms with Crippen LogP contribution >= 0.6 is 35.1 Å². The van der Waals surface area contributed by atoms with Gasteiger partial charge in [0.1, 0.15) is 12.4 Å². The quantitative estimate of drug-likeness (QED) is 0.334. The molecule has 0 aromatic heterocycles. The molecule has 2 rings (SSSR count). The predicted octanol–water partition coefficient (Wildman–Crippen LogP) is 6.57. The summed E-state index contributed by atoms with van der Waals surface area (Å²) in [5.41, 5.74) is 0.799. The molecule has 26 heavy (non-hydrogen) atoms. The zero-order valence-electron chi connectivity index (χ0n) is 16.1. The second-order valence-corrected chi connectivity index (χ2v) is 9.63. The van der Waals surface area contributed by atoms with Crippen LogP contribution in [0.5, 0.6) is 5.75 Å². The molecule has 1 atom stereocenters. The van der Waals surface area contributed by atoms with Crippen LogP contribution in [-0.2, 0) is 0 Å². The molecular weight excluding hydrogens is 387 g/mol. The standard InChI is InChI=1S/C14H17Cl2NOS.C6H13N/c1-5-6-18-13-8-12(16)11(15)7-10(13)9-17-19-14(2,3)4;1-6-4-2-3-5-7-6/h5,7-9H,1,6H2,2-4H3;6-7H,2-5H2,1H3/b17-9+;. The van der Waals surface area contributed by atoms with E-state index in [2.05, 4.69) is 44.0 Å². The lowest BCUT2D eigenvalue weighted by atomic mass is 10.1. The molecule has 1 fully saturated rings. The Morgan fingerprint density at radius 1 is 1.31 bits per heavy atom. The van der Waals surface area contributed by atoms with Gasteiger partial charge in [0.05, 0.1) is 10.0 Å². The van der Waals surface area contributed by atoms with Crippen molar-refractivity contribution in [3.05, 3.63) is 40.4 Å². The second-order valence-electron chi connectivity index (χ2n) is 7.19. The Kier molecular flexibility index (Phi) is 10.7. The molecular formula is C20H30Cl2N2OS. The number of nitrogens with one attached hydrogen (secondary N) is 1. The Balaban J connectivity index is 0.000000401. The van der Waals surface area contributed by atoms with Gasteiger partial charge in [0, 0.05) is 28.6 Å². The predicted molar refractivity (Wildman–Crippen MR) is 118 cm³/mol. The molecule has 0 aliphatic carbocycles. The molecule has 1 heterocycles. The molecule has 0 saturated carbocycles. The van der Waals surface area contributed by atoms with Gasteiger partial charge in [-0.2, -0.15) is 0 Å². The van der Waals surface area contributed by atoms with Crippen LogP contribution in [0.25, 0.3) is 0 Å². The number of hydrogen-bond donors (Lipinski definition) is 1. The van der Waals surface area contributed by atoms with Crippen molar-refractivity contribution in [1.29, 1.82) is 0 Å². The van der Waals surface area contributed by atoms with Gasteiger partial charge in [-0.3, -0.25) is 0 Å². The highest BCUT2D eigenvalue weighted by Crippen LogP contribution is 2.31. The first kappa shape index (κ1) is 23.4. The van der Waals surface area contributed by atoms with E-state index in [0.717, 1.165) is 11.6 Å². The van der Waals surface area contributed by atoms with E-state index in [1.54, 1.807) is 24.4 Å². The number of rotatable bonds is 5. The van der Waals surface area contributed by atoms with Crippen molar-refractivity contribution in [3.63, 3.8) is 0 Å². The number of hydrogen-bond acceptors (Lipinski definition) is 4. The van der Waals surface area contributed by atoms with Crippen molar-refractivity contribution in [2.45, 2.75) is 57.7 Å². The van der Waals surface area contributed by atoms with Gasteiger partial charge in [-0.15, -0.1) is 0 Å². The van der Waals surface area contributed by atoms with E-state index in [1.165, 1.54) is 37.8 Å². The van der Waals surface area contributed by atoms with E-state index in [9.17, 15) is 0 Å². The lowest BCUT2D eigenvalue weighted by Gasteiger charge is -2.18. The molecule has 1 saturated heterocycles. The van der Waals surface area contributed by atoms with Crippen molar-refractivity contribution >= 4 is 41.4 Å². The summed E-state index contributed by atoms with van der Waals surface area (Å²) in [4.78, 5) is 0. The molecule has 1 aromatic rings. The summed E-state index contributed by atoms with van der Waals surface area (Å²) < 4.78 is 9.94. The maximum Gasteiger partial charge on any atom is 0.130 e. The molecule has 0 amide bonds. The summed E-state index contributed by atoms with van der Waals surface area (Å²) in [7, 11) is 0. The average Bonchev–Trinajstić information content (AvgIpc) is 2.57. The highest BCUT2D eigenvalue weighted by atomic mass is 35.5. The molecule has 0 spiro atoms. The normalized spacial score (nSPS) is 17.5. The zero-order chi connectivity index (χ0) is 19.6. The van der Waals surface area contributed by atoms with Crippen molar-refractivity contribution in [2.24, 2.45) is 4.40 Å². The van der Waals surface area contributed by atoms with Gasteiger partial charge >= 0.3 is 0 Å². The first-order chi connectivity index (χ1) is 12.2. The second kappa shape index (κ2) is 11.9. The number of nitrogens with zero attached hydrogens (tertiary/aromatic N) is 1. The Morgan fingerprint density at radius 2 is 2.00 bits per heavy atom. The third-order valence-corrected chi connectivity index (χ3v) is 4.97. The fourth-order valence-corrected chi connectivity index (χ4v) is 2.99. The summed E-state index contributed by atoms with van der Waals surface area (Å²) >= 11 is 13.5. The van der Waals surface area contributed by atoms with Crippen molar-refractivity contribution in [3.8, 4) is 5.75 Å². The minimum absolute atomic E-state index is 0.0643. The lowest BCUT2D eigenvalue weighted by molar-refractivity contribution is 0.363. The molecule has 1 unspecified atom stereocenters. The van der Waals surface area contributed by atoms with Crippen LogP contribution in [-0.4, -0.2) is 30.2 Å². The number of halogens is 2. The zero-order valence-corrected chi connectivity index (χ0v) is 18.5. The van der Waals surface area contributed by atoms with Gasteiger partial charge in [-0.25, -0.2) is 4.40 Å². The van der Waals surface area contributed by atoms with E-state index in [4.69, 9.17) is 27.9 Å². The van der Waals surface area contributed by atoms with Crippen LogP contribution in [0.1, 0.15) is 52.5 Å². The SMILES string of the molecule is C=CCOc1cc(Cl)c(Cl)cc1/C=N/SC(C)(C)C.CC1CCCCN1. The van der Waals surface area contributed by atoms with Gasteiger partial charge < -0.3 is 10.1 Å². The molecule has 1 aliphatic rings. The third-order valence-electron chi connectivity index (χ3n) is 3.48. The van der Waals surface area contributed by atoms with Crippen LogP contribution in [0.3, 0.4) is 0 Å². The summed E-state index contributed by atoms with van der Waals surface area (Å²) in [6, 6.07) is 4.22. The van der Waals surface area contributed by atoms with E-state index in [0.29, 0.717) is 22.4 Å². The summed E-state index contributed by atoms with van der Waals surface area (Å²) in [5, 5.41) is 4.32. The number of piperidine rings is 1. The lowest BCUT2D eigenvalue weighted by Crippen LogP contribution is -2.30. The first-order valence-corrected chi connectivity index (χ1v) is 10.4. The van der Waals surface area contributed by atoms with E-state index >= 15 is 0 Å². The molecule has 1 aromatic carbocycles.